The summed E-state index contributed by atoms with van der Waals surface area (Å²) in [6.07, 6.45) is 0. The Bertz CT molecular complexity index is 1250. The van der Waals surface area contributed by atoms with Crippen molar-refractivity contribution in [1.82, 2.24) is 20.1 Å². The van der Waals surface area contributed by atoms with E-state index in [4.69, 9.17) is 0 Å². The van der Waals surface area contributed by atoms with E-state index >= 15 is 0 Å². The van der Waals surface area contributed by atoms with E-state index < -0.39 is 0 Å². The van der Waals surface area contributed by atoms with Gasteiger partial charge in [-0.2, -0.15) is 0 Å². The highest BCUT2D eigenvalue weighted by Crippen LogP contribution is 2.26. The average molecular weight is 458 g/mol. The molecule has 0 aliphatic heterocycles. The molecule has 2 N–H and O–H groups in total. The number of aromatic nitrogens is 3. The maximum absolute atomic E-state index is 12.5. The molecule has 0 bridgehead atoms. The van der Waals surface area contributed by atoms with Gasteiger partial charge in [0.1, 0.15) is 0 Å². The summed E-state index contributed by atoms with van der Waals surface area (Å²) in [5.41, 5.74) is 6.50. The lowest BCUT2D eigenvalue weighted by molar-refractivity contribution is 0.251. The lowest BCUT2D eigenvalue weighted by atomic mass is 10.1. The van der Waals surface area contributed by atoms with Crippen LogP contribution in [0.1, 0.15) is 28.1 Å². The first-order valence-electron chi connectivity index (χ1n) is 10.8. The number of carbonyl (C=O) groups excluding carboxylic acids is 1. The van der Waals surface area contributed by atoms with Crippen molar-refractivity contribution in [2.45, 2.75) is 38.2 Å². The predicted octanol–water partition coefficient (Wildman–Crippen LogP) is 5.81. The second kappa shape index (κ2) is 10.4. The summed E-state index contributed by atoms with van der Waals surface area (Å²) in [6, 6.07) is 24.0. The van der Waals surface area contributed by atoms with Crippen molar-refractivity contribution in [2.75, 3.05) is 5.32 Å². The highest BCUT2D eigenvalue weighted by atomic mass is 32.2. The topological polar surface area (TPSA) is 71.8 Å². The van der Waals surface area contributed by atoms with Crippen LogP contribution in [-0.4, -0.2) is 20.8 Å². The average Bonchev–Trinajstić information content (AvgIpc) is 3.20. The summed E-state index contributed by atoms with van der Waals surface area (Å²) in [5, 5.41) is 15.4. The molecule has 0 atom stereocenters. The molecule has 0 saturated heterocycles. The third-order valence-corrected chi connectivity index (χ3v) is 6.27. The van der Waals surface area contributed by atoms with E-state index in [0.29, 0.717) is 5.82 Å². The molecule has 0 radical (unpaired) electrons. The molecule has 6 nitrogen and oxygen atoms in total. The first-order valence-corrected chi connectivity index (χ1v) is 11.8. The van der Waals surface area contributed by atoms with Gasteiger partial charge in [0.2, 0.25) is 0 Å². The number of anilines is 1. The highest BCUT2D eigenvalue weighted by Gasteiger charge is 2.16. The normalized spacial score (nSPS) is 10.8. The van der Waals surface area contributed by atoms with E-state index in [-0.39, 0.29) is 12.6 Å². The second-order valence-corrected chi connectivity index (χ2v) is 8.90. The molecule has 1 aromatic heterocycles. The van der Waals surface area contributed by atoms with Gasteiger partial charge in [0.05, 0.1) is 6.54 Å². The first-order chi connectivity index (χ1) is 16.0. The molecule has 2 amide bonds. The Morgan fingerprint density at radius 1 is 0.909 bits per heavy atom. The maximum atomic E-state index is 12.5. The Morgan fingerprint density at radius 2 is 1.70 bits per heavy atom. The molecular weight excluding hydrogens is 430 g/mol. The molecule has 1 heterocycles. The van der Waals surface area contributed by atoms with Gasteiger partial charge in [-0.3, -0.25) is 4.57 Å². The number of thioether (sulfide) groups is 1. The number of amides is 2. The zero-order valence-electron chi connectivity index (χ0n) is 19.0. The first kappa shape index (κ1) is 22.6. The fraction of sp³-hybridized carbons (Fsp3) is 0.192. The van der Waals surface area contributed by atoms with Gasteiger partial charge in [-0.25, -0.2) is 4.79 Å². The van der Waals surface area contributed by atoms with E-state index in [1.54, 1.807) is 11.8 Å². The molecule has 0 fully saturated rings. The van der Waals surface area contributed by atoms with Crippen LogP contribution < -0.4 is 10.6 Å². The zero-order valence-corrected chi connectivity index (χ0v) is 19.8. The molecule has 168 valence electrons. The van der Waals surface area contributed by atoms with Gasteiger partial charge < -0.3 is 10.6 Å². The standard InChI is InChI=1S/C26H27N5OS/c1-18-11-13-23(14-12-18)31-24(16-27-25(32)28-22-10-6-7-19(2)15-22)29-30-26(31)33-17-21-9-5-4-8-20(21)3/h4-15H,16-17H2,1-3H3,(H2,27,28,32). The summed E-state index contributed by atoms with van der Waals surface area (Å²) in [7, 11) is 0. The Hall–Kier alpha value is -3.58. The van der Waals surface area contributed by atoms with Crippen molar-refractivity contribution in [3.8, 4) is 5.69 Å². The Kier molecular flexibility index (Phi) is 7.10. The van der Waals surface area contributed by atoms with Gasteiger partial charge in [0.25, 0.3) is 0 Å². The summed E-state index contributed by atoms with van der Waals surface area (Å²) >= 11 is 1.63. The highest BCUT2D eigenvalue weighted by molar-refractivity contribution is 7.98. The van der Waals surface area contributed by atoms with Crippen LogP contribution in [0, 0.1) is 20.8 Å². The van der Waals surface area contributed by atoms with Crippen LogP contribution in [0.5, 0.6) is 0 Å². The smallest absolute Gasteiger partial charge is 0.319 e. The molecule has 7 heteroatoms. The fourth-order valence-electron chi connectivity index (χ4n) is 3.43. The van der Waals surface area contributed by atoms with Crippen LogP contribution in [0.15, 0.2) is 78.0 Å². The minimum Gasteiger partial charge on any atom is -0.331 e. The summed E-state index contributed by atoms with van der Waals surface area (Å²) in [5.74, 6) is 1.46. The molecule has 4 aromatic rings. The molecule has 0 spiro atoms. The number of nitrogens with one attached hydrogen (secondary N) is 2. The number of urea groups is 1. The summed E-state index contributed by atoms with van der Waals surface area (Å²) in [4.78, 5) is 12.5. The van der Waals surface area contributed by atoms with Crippen molar-refractivity contribution in [1.29, 1.82) is 0 Å². The number of benzene rings is 3. The lowest BCUT2D eigenvalue weighted by Crippen LogP contribution is -2.29. The van der Waals surface area contributed by atoms with E-state index in [1.165, 1.54) is 16.7 Å². The van der Waals surface area contributed by atoms with Gasteiger partial charge in [0.15, 0.2) is 11.0 Å². The van der Waals surface area contributed by atoms with Gasteiger partial charge in [-0.05, 0) is 61.7 Å². The molecule has 4 rings (SSSR count). The second-order valence-electron chi connectivity index (χ2n) is 7.96. The lowest BCUT2D eigenvalue weighted by Gasteiger charge is -2.12. The predicted molar refractivity (Wildman–Crippen MR) is 134 cm³/mol. The van der Waals surface area contributed by atoms with Gasteiger partial charge in [-0.1, -0.05) is 65.9 Å². The minimum atomic E-state index is -0.284. The van der Waals surface area contributed by atoms with Crippen LogP contribution in [0.25, 0.3) is 5.69 Å². The third-order valence-electron chi connectivity index (χ3n) is 5.29. The van der Waals surface area contributed by atoms with Crippen molar-refractivity contribution in [3.63, 3.8) is 0 Å². The largest absolute Gasteiger partial charge is 0.331 e. The Labute approximate surface area is 198 Å². The maximum Gasteiger partial charge on any atom is 0.319 e. The zero-order chi connectivity index (χ0) is 23.2. The number of hydrogen-bond donors (Lipinski definition) is 2. The monoisotopic (exact) mass is 457 g/mol. The number of aryl methyl sites for hydroxylation is 3. The molecule has 33 heavy (non-hydrogen) atoms. The van der Waals surface area contributed by atoms with E-state index in [2.05, 4.69) is 65.0 Å². The summed E-state index contributed by atoms with van der Waals surface area (Å²) < 4.78 is 2.01. The fourth-order valence-corrected chi connectivity index (χ4v) is 4.48. The van der Waals surface area contributed by atoms with Crippen LogP contribution >= 0.6 is 11.8 Å². The van der Waals surface area contributed by atoms with Crippen LogP contribution in [0.2, 0.25) is 0 Å². The van der Waals surface area contributed by atoms with E-state index in [0.717, 1.165) is 27.8 Å². The third kappa shape index (κ3) is 5.81. The SMILES string of the molecule is Cc1ccc(-n2c(CNC(=O)Nc3cccc(C)c3)nnc2SCc2ccccc2C)cc1. The Morgan fingerprint density at radius 3 is 2.45 bits per heavy atom. The van der Waals surface area contributed by atoms with Crippen molar-refractivity contribution < 1.29 is 4.79 Å². The number of nitrogens with zero attached hydrogens (tertiary/aromatic N) is 3. The van der Waals surface area contributed by atoms with Crippen molar-refractivity contribution in [2.24, 2.45) is 0 Å². The van der Waals surface area contributed by atoms with E-state index in [9.17, 15) is 4.79 Å². The van der Waals surface area contributed by atoms with Crippen LogP contribution in [0.4, 0.5) is 10.5 Å². The molecule has 0 unspecified atom stereocenters. The number of rotatable bonds is 7. The Balaban J connectivity index is 1.52. The van der Waals surface area contributed by atoms with Crippen molar-refractivity contribution >= 4 is 23.5 Å². The summed E-state index contributed by atoms with van der Waals surface area (Å²) in [6.45, 7) is 6.41. The van der Waals surface area contributed by atoms with E-state index in [1.807, 2.05) is 54.0 Å². The molecular formula is C26H27N5OS. The van der Waals surface area contributed by atoms with Crippen molar-refractivity contribution in [3.05, 3.63) is 101 Å². The van der Waals surface area contributed by atoms with Crippen LogP contribution in [0.3, 0.4) is 0 Å². The van der Waals surface area contributed by atoms with Gasteiger partial charge in [0, 0.05) is 17.1 Å². The molecule has 0 aliphatic carbocycles. The quantitative estimate of drug-likeness (QED) is 0.344. The molecule has 0 aliphatic rings. The van der Waals surface area contributed by atoms with Gasteiger partial charge >= 0.3 is 6.03 Å². The molecule has 3 aromatic carbocycles. The van der Waals surface area contributed by atoms with Crippen LogP contribution in [-0.2, 0) is 12.3 Å². The molecule has 0 saturated carbocycles. The number of carbonyl (C=O) groups is 1. The minimum absolute atomic E-state index is 0.253. The van der Waals surface area contributed by atoms with Gasteiger partial charge in [-0.15, -0.1) is 10.2 Å². The number of hydrogen-bond acceptors (Lipinski definition) is 4.